The van der Waals surface area contributed by atoms with Crippen molar-refractivity contribution in [2.75, 3.05) is 20.3 Å². The Balaban J connectivity index is 5.12. The smallest absolute Gasteiger partial charge is 0.161 e. The Kier molecular flexibility index (Phi) is 7.40. The van der Waals surface area contributed by atoms with Crippen molar-refractivity contribution >= 4 is 5.78 Å². The Labute approximate surface area is 125 Å². The molecule has 0 saturated carbocycles. The number of ketones is 1. The fourth-order valence-corrected chi connectivity index (χ4v) is 2.50. The molecule has 0 aliphatic carbocycles. The summed E-state index contributed by atoms with van der Waals surface area (Å²) in [5.74, 6) is 0.100. The summed E-state index contributed by atoms with van der Waals surface area (Å²) in [7, 11) is 1.75. The average molecular weight is 286 g/mol. The first-order valence-electron chi connectivity index (χ1n) is 7.78. The van der Waals surface area contributed by atoms with Gasteiger partial charge >= 0.3 is 0 Å². The third kappa shape index (κ3) is 4.05. The molecule has 3 nitrogen and oxygen atoms in total. The second-order valence-electron chi connectivity index (χ2n) is 6.69. The van der Waals surface area contributed by atoms with E-state index in [4.69, 9.17) is 9.47 Å². The molecule has 0 saturated heterocycles. The normalized spacial score (nSPS) is 20.8. The van der Waals surface area contributed by atoms with Crippen LogP contribution in [-0.4, -0.2) is 31.7 Å². The van der Waals surface area contributed by atoms with E-state index in [9.17, 15) is 4.79 Å². The molecule has 0 spiro atoms. The molecule has 3 atom stereocenters. The van der Waals surface area contributed by atoms with E-state index in [-0.39, 0.29) is 16.6 Å². The van der Waals surface area contributed by atoms with Crippen molar-refractivity contribution in [3.05, 3.63) is 0 Å². The predicted octanol–water partition coefficient (Wildman–Crippen LogP) is 4.24. The summed E-state index contributed by atoms with van der Waals surface area (Å²) < 4.78 is 11.5. The van der Waals surface area contributed by atoms with Crippen molar-refractivity contribution in [2.24, 2.45) is 10.8 Å². The zero-order valence-corrected chi connectivity index (χ0v) is 14.8. The van der Waals surface area contributed by atoms with Gasteiger partial charge in [0.05, 0.1) is 13.2 Å². The topological polar surface area (TPSA) is 35.5 Å². The summed E-state index contributed by atoms with van der Waals surface area (Å²) in [5.41, 5.74) is -0.635. The van der Waals surface area contributed by atoms with Crippen LogP contribution in [0.4, 0.5) is 0 Å². The maximum atomic E-state index is 11.8. The molecular formula is C17H34O3. The number of carbonyl (C=O) groups excluding carboxylic acids is 1. The molecule has 3 unspecified atom stereocenters. The lowest BCUT2D eigenvalue weighted by Gasteiger charge is -2.47. The van der Waals surface area contributed by atoms with Crippen molar-refractivity contribution in [2.45, 2.75) is 73.3 Å². The van der Waals surface area contributed by atoms with Crippen molar-refractivity contribution in [3.8, 4) is 0 Å². The first-order valence-corrected chi connectivity index (χ1v) is 7.78. The van der Waals surface area contributed by atoms with E-state index in [1.54, 1.807) is 14.0 Å². The standard InChI is InChI=1S/C17H34O3/c1-9-15(5,12-19-8)16(6,10-2)13-20-17(7,11-3)14(4)18/h9-13H2,1-8H3. The van der Waals surface area contributed by atoms with Gasteiger partial charge < -0.3 is 9.47 Å². The molecule has 3 heteroatoms. The van der Waals surface area contributed by atoms with Gasteiger partial charge in [0.15, 0.2) is 5.78 Å². The van der Waals surface area contributed by atoms with Gasteiger partial charge in [-0.25, -0.2) is 0 Å². The number of hydrogen-bond donors (Lipinski definition) is 0. The molecule has 0 aromatic rings. The largest absolute Gasteiger partial charge is 0.384 e. The number of hydrogen-bond acceptors (Lipinski definition) is 3. The Morgan fingerprint density at radius 2 is 1.35 bits per heavy atom. The molecule has 20 heavy (non-hydrogen) atoms. The Bertz CT molecular complexity index is 315. The van der Waals surface area contributed by atoms with Crippen LogP contribution in [0.25, 0.3) is 0 Å². The van der Waals surface area contributed by atoms with Crippen LogP contribution in [0, 0.1) is 10.8 Å². The molecule has 0 radical (unpaired) electrons. The second kappa shape index (κ2) is 7.56. The molecule has 0 aliphatic heterocycles. The number of ether oxygens (including phenoxy) is 2. The minimum atomic E-state index is -0.668. The highest BCUT2D eigenvalue weighted by molar-refractivity contribution is 5.84. The van der Waals surface area contributed by atoms with Gasteiger partial charge in [0.1, 0.15) is 5.60 Å². The fraction of sp³-hybridized carbons (Fsp3) is 0.941. The molecule has 120 valence electrons. The summed E-state index contributed by atoms with van der Waals surface area (Å²) in [6.45, 7) is 15.7. The number of Topliss-reactive ketones (excluding diaryl/α,β-unsaturated/α-hetero) is 1. The molecule has 0 amide bonds. The van der Waals surface area contributed by atoms with Crippen molar-refractivity contribution < 1.29 is 14.3 Å². The quantitative estimate of drug-likeness (QED) is 0.602. The molecule has 0 fully saturated rings. The summed E-state index contributed by atoms with van der Waals surface area (Å²) in [4.78, 5) is 11.8. The van der Waals surface area contributed by atoms with Gasteiger partial charge in [0.2, 0.25) is 0 Å². The first kappa shape index (κ1) is 19.6. The molecule has 0 heterocycles. The number of methoxy groups -OCH3 is 1. The second-order valence-corrected chi connectivity index (χ2v) is 6.69. The van der Waals surface area contributed by atoms with Gasteiger partial charge in [-0.2, -0.15) is 0 Å². The van der Waals surface area contributed by atoms with E-state index in [0.29, 0.717) is 19.6 Å². The summed E-state index contributed by atoms with van der Waals surface area (Å²) >= 11 is 0. The monoisotopic (exact) mass is 286 g/mol. The number of carbonyl (C=O) groups is 1. The molecule has 0 N–H and O–H groups in total. The Morgan fingerprint density at radius 3 is 1.65 bits per heavy atom. The van der Waals surface area contributed by atoms with Crippen LogP contribution in [0.1, 0.15) is 67.7 Å². The zero-order valence-electron chi connectivity index (χ0n) is 14.8. The maximum Gasteiger partial charge on any atom is 0.161 e. The van der Waals surface area contributed by atoms with E-state index in [1.165, 1.54) is 0 Å². The molecule has 0 aliphatic rings. The van der Waals surface area contributed by atoms with Crippen LogP contribution >= 0.6 is 0 Å². The molecule has 0 bridgehead atoms. The van der Waals surface area contributed by atoms with Crippen molar-refractivity contribution in [3.63, 3.8) is 0 Å². The predicted molar refractivity (Wildman–Crippen MR) is 84.0 cm³/mol. The highest BCUT2D eigenvalue weighted by Crippen LogP contribution is 2.45. The highest BCUT2D eigenvalue weighted by Gasteiger charge is 2.44. The zero-order chi connectivity index (χ0) is 16.0. The summed E-state index contributed by atoms with van der Waals surface area (Å²) in [6.07, 6.45) is 2.73. The lowest BCUT2D eigenvalue weighted by Crippen LogP contribution is -2.47. The maximum absolute atomic E-state index is 11.8. The molecule has 0 aromatic carbocycles. The van der Waals surface area contributed by atoms with Crippen molar-refractivity contribution in [1.29, 1.82) is 0 Å². The lowest BCUT2D eigenvalue weighted by atomic mass is 9.63. The van der Waals surface area contributed by atoms with Gasteiger partial charge in [-0.15, -0.1) is 0 Å². The van der Waals surface area contributed by atoms with Crippen LogP contribution in [0.5, 0.6) is 0 Å². The van der Waals surface area contributed by atoms with E-state index in [0.717, 1.165) is 12.8 Å². The van der Waals surface area contributed by atoms with Gasteiger partial charge in [0, 0.05) is 7.11 Å². The van der Waals surface area contributed by atoms with Crippen LogP contribution in [-0.2, 0) is 14.3 Å². The Morgan fingerprint density at radius 1 is 0.900 bits per heavy atom. The van der Waals surface area contributed by atoms with E-state index >= 15 is 0 Å². The summed E-state index contributed by atoms with van der Waals surface area (Å²) in [6, 6.07) is 0. The van der Waals surface area contributed by atoms with Gasteiger partial charge in [-0.1, -0.05) is 34.6 Å². The van der Waals surface area contributed by atoms with E-state index in [1.807, 2.05) is 13.8 Å². The Hall–Kier alpha value is -0.410. The van der Waals surface area contributed by atoms with Crippen molar-refractivity contribution in [1.82, 2.24) is 0 Å². The molecule has 0 rings (SSSR count). The SMILES string of the molecule is CCC(C)(OCC(C)(CC)C(C)(CC)COC)C(C)=O. The third-order valence-corrected chi connectivity index (χ3v) is 5.61. The van der Waals surface area contributed by atoms with Crippen LogP contribution in [0.15, 0.2) is 0 Å². The van der Waals surface area contributed by atoms with E-state index < -0.39 is 5.60 Å². The fourth-order valence-electron chi connectivity index (χ4n) is 2.50. The summed E-state index contributed by atoms with van der Waals surface area (Å²) in [5, 5.41) is 0. The minimum Gasteiger partial charge on any atom is -0.384 e. The molecule has 0 aromatic heterocycles. The molecular weight excluding hydrogens is 252 g/mol. The lowest BCUT2D eigenvalue weighted by molar-refractivity contribution is -0.154. The van der Waals surface area contributed by atoms with Crippen LogP contribution in [0.3, 0.4) is 0 Å². The number of rotatable bonds is 10. The third-order valence-electron chi connectivity index (χ3n) is 5.61. The minimum absolute atomic E-state index is 0.0103. The van der Waals surface area contributed by atoms with E-state index in [2.05, 4.69) is 27.7 Å². The van der Waals surface area contributed by atoms with Gasteiger partial charge in [-0.3, -0.25) is 4.79 Å². The first-order chi connectivity index (χ1) is 9.14. The van der Waals surface area contributed by atoms with Crippen LogP contribution in [0.2, 0.25) is 0 Å². The average Bonchev–Trinajstić information content (AvgIpc) is 2.43. The van der Waals surface area contributed by atoms with Gasteiger partial charge in [-0.05, 0) is 43.9 Å². The van der Waals surface area contributed by atoms with Gasteiger partial charge in [0.25, 0.3) is 0 Å². The highest BCUT2D eigenvalue weighted by atomic mass is 16.5. The van der Waals surface area contributed by atoms with Crippen LogP contribution < -0.4 is 0 Å².